The molecule has 0 saturated carbocycles. The van der Waals surface area contributed by atoms with Gasteiger partial charge in [-0.25, -0.2) is 8.78 Å². The lowest BCUT2D eigenvalue weighted by molar-refractivity contribution is 0.0723. The van der Waals surface area contributed by atoms with Gasteiger partial charge in [0.15, 0.2) is 0 Å². The fourth-order valence-electron chi connectivity index (χ4n) is 5.30. The second-order valence-corrected chi connectivity index (χ2v) is 10.2. The molecule has 2 aliphatic rings. The van der Waals surface area contributed by atoms with Gasteiger partial charge in [-0.15, -0.1) is 0 Å². The Bertz CT molecular complexity index is 1390. The molecule has 2 aliphatic heterocycles. The van der Waals surface area contributed by atoms with Crippen LogP contribution in [0.15, 0.2) is 66.7 Å². The van der Waals surface area contributed by atoms with Crippen LogP contribution in [0.5, 0.6) is 0 Å². The van der Waals surface area contributed by atoms with Gasteiger partial charge in [0, 0.05) is 61.8 Å². The SMILES string of the molecule is O=C(Nc1ccc(N2CCCN(C(=O)c3cccc(F)c3)CC2)c(C(=O)N2CCCCC2)c1)c1ccc(F)cc1. The van der Waals surface area contributed by atoms with E-state index in [2.05, 4.69) is 10.2 Å². The number of nitrogens with one attached hydrogen (secondary N) is 1. The lowest BCUT2D eigenvalue weighted by Gasteiger charge is -2.30. The smallest absolute Gasteiger partial charge is 0.256 e. The molecule has 0 bridgehead atoms. The molecule has 0 radical (unpaired) electrons. The van der Waals surface area contributed by atoms with Crippen LogP contribution in [0.1, 0.15) is 56.8 Å². The number of benzene rings is 3. The number of amides is 3. The Balaban J connectivity index is 1.38. The van der Waals surface area contributed by atoms with Crippen molar-refractivity contribution in [2.75, 3.05) is 49.5 Å². The first-order valence-corrected chi connectivity index (χ1v) is 13.7. The zero-order valence-corrected chi connectivity index (χ0v) is 22.2. The maximum atomic E-state index is 13.7. The largest absolute Gasteiger partial charge is 0.369 e. The molecular formula is C31H32F2N4O3. The van der Waals surface area contributed by atoms with Crippen LogP contribution in [0, 0.1) is 11.6 Å². The maximum absolute atomic E-state index is 13.7. The Kier molecular flexibility index (Phi) is 8.38. The van der Waals surface area contributed by atoms with E-state index in [1.165, 1.54) is 42.5 Å². The number of carbonyl (C=O) groups is 3. The standard InChI is InChI=1S/C31H32F2N4O3/c32-24-10-8-22(9-11-24)29(38)34-26-12-13-28(27(21-26)31(40)36-14-2-1-3-15-36)35-16-5-17-37(19-18-35)30(39)23-6-4-7-25(33)20-23/h4,6-13,20-21H,1-3,5,14-19H2,(H,34,38). The summed E-state index contributed by atoms with van der Waals surface area (Å²) >= 11 is 0. The third-order valence-corrected chi connectivity index (χ3v) is 7.43. The van der Waals surface area contributed by atoms with E-state index in [0.717, 1.165) is 24.9 Å². The van der Waals surface area contributed by atoms with Crippen LogP contribution in [0.4, 0.5) is 20.2 Å². The Morgan fingerprint density at radius 2 is 1.35 bits per heavy atom. The highest BCUT2D eigenvalue weighted by Gasteiger charge is 2.26. The molecule has 9 heteroatoms. The van der Waals surface area contributed by atoms with E-state index < -0.39 is 17.5 Å². The van der Waals surface area contributed by atoms with Crippen LogP contribution >= 0.6 is 0 Å². The molecule has 3 aromatic rings. The highest BCUT2D eigenvalue weighted by Crippen LogP contribution is 2.29. The topological polar surface area (TPSA) is 73.0 Å². The molecule has 3 aromatic carbocycles. The molecule has 2 heterocycles. The summed E-state index contributed by atoms with van der Waals surface area (Å²) in [6.45, 7) is 3.45. The van der Waals surface area contributed by atoms with Crippen molar-refractivity contribution in [3.8, 4) is 0 Å². The Morgan fingerprint density at radius 3 is 2.10 bits per heavy atom. The first kappa shape index (κ1) is 27.3. The van der Waals surface area contributed by atoms with E-state index in [1.807, 2.05) is 11.0 Å². The summed E-state index contributed by atoms with van der Waals surface area (Å²) in [6.07, 6.45) is 3.67. The summed E-state index contributed by atoms with van der Waals surface area (Å²) in [6, 6.07) is 16.3. The Labute approximate surface area is 232 Å². The van der Waals surface area contributed by atoms with Crippen LogP contribution in [-0.4, -0.2) is 66.8 Å². The highest BCUT2D eigenvalue weighted by atomic mass is 19.1. The van der Waals surface area contributed by atoms with Crippen molar-refractivity contribution in [1.29, 1.82) is 0 Å². The summed E-state index contributed by atoms with van der Waals surface area (Å²) in [7, 11) is 0. The predicted molar refractivity (Wildman–Crippen MR) is 150 cm³/mol. The molecule has 3 amide bonds. The van der Waals surface area contributed by atoms with Gasteiger partial charge in [-0.2, -0.15) is 0 Å². The van der Waals surface area contributed by atoms with E-state index in [-0.39, 0.29) is 11.8 Å². The molecule has 7 nitrogen and oxygen atoms in total. The molecule has 2 saturated heterocycles. The fraction of sp³-hybridized carbons (Fsp3) is 0.323. The average Bonchev–Trinajstić information content (AvgIpc) is 3.23. The second-order valence-electron chi connectivity index (χ2n) is 10.2. The van der Waals surface area contributed by atoms with Gasteiger partial charge in [-0.3, -0.25) is 14.4 Å². The molecule has 2 fully saturated rings. The van der Waals surface area contributed by atoms with Crippen molar-refractivity contribution in [1.82, 2.24) is 9.80 Å². The van der Waals surface area contributed by atoms with Crippen molar-refractivity contribution in [3.05, 3.63) is 95.1 Å². The molecule has 40 heavy (non-hydrogen) atoms. The number of carbonyl (C=O) groups excluding carboxylic acids is 3. The number of anilines is 2. The number of nitrogens with zero attached hydrogens (tertiary/aromatic N) is 3. The third kappa shape index (κ3) is 6.30. The minimum Gasteiger partial charge on any atom is -0.369 e. The van der Waals surface area contributed by atoms with Crippen LogP contribution < -0.4 is 10.2 Å². The molecule has 0 aliphatic carbocycles. The number of hydrogen-bond acceptors (Lipinski definition) is 4. The Morgan fingerprint density at radius 1 is 0.625 bits per heavy atom. The molecule has 0 spiro atoms. The maximum Gasteiger partial charge on any atom is 0.256 e. The van der Waals surface area contributed by atoms with Crippen LogP contribution in [0.25, 0.3) is 0 Å². The number of hydrogen-bond donors (Lipinski definition) is 1. The number of piperidine rings is 1. The summed E-state index contributed by atoms with van der Waals surface area (Å²) in [4.78, 5) is 45.2. The second kappa shape index (κ2) is 12.3. The van der Waals surface area contributed by atoms with E-state index in [1.54, 1.807) is 23.1 Å². The van der Waals surface area contributed by atoms with Gasteiger partial charge in [0.25, 0.3) is 17.7 Å². The van der Waals surface area contributed by atoms with Gasteiger partial charge < -0.3 is 20.0 Å². The number of rotatable bonds is 5. The number of likely N-dealkylation sites (tertiary alicyclic amines) is 1. The first-order valence-electron chi connectivity index (χ1n) is 13.7. The molecule has 1 N–H and O–H groups in total. The van der Waals surface area contributed by atoms with Crippen LogP contribution in [0.3, 0.4) is 0 Å². The van der Waals surface area contributed by atoms with Crippen molar-refractivity contribution in [2.24, 2.45) is 0 Å². The quantitative estimate of drug-likeness (QED) is 0.478. The van der Waals surface area contributed by atoms with Gasteiger partial charge in [0.2, 0.25) is 0 Å². The summed E-state index contributed by atoms with van der Waals surface area (Å²) in [5.74, 6) is -1.58. The van der Waals surface area contributed by atoms with Gasteiger partial charge >= 0.3 is 0 Å². The minimum absolute atomic E-state index is 0.0930. The summed E-state index contributed by atoms with van der Waals surface area (Å²) in [5.41, 5.74) is 2.33. The number of halogens is 2. The van der Waals surface area contributed by atoms with Crippen molar-refractivity contribution >= 4 is 29.1 Å². The average molecular weight is 547 g/mol. The third-order valence-electron chi connectivity index (χ3n) is 7.43. The van der Waals surface area contributed by atoms with Crippen LogP contribution in [0.2, 0.25) is 0 Å². The predicted octanol–water partition coefficient (Wildman–Crippen LogP) is 5.20. The van der Waals surface area contributed by atoms with Gasteiger partial charge in [0.1, 0.15) is 11.6 Å². The van der Waals surface area contributed by atoms with Crippen molar-refractivity contribution < 1.29 is 23.2 Å². The molecule has 5 rings (SSSR count). The van der Waals surface area contributed by atoms with E-state index in [0.29, 0.717) is 68.1 Å². The fourth-order valence-corrected chi connectivity index (χ4v) is 5.30. The zero-order valence-electron chi connectivity index (χ0n) is 22.2. The lowest BCUT2D eigenvalue weighted by atomic mass is 10.1. The molecular weight excluding hydrogens is 514 g/mol. The summed E-state index contributed by atoms with van der Waals surface area (Å²) < 4.78 is 27.0. The highest BCUT2D eigenvalue weighted by molar-refractivity contribution is 6.06. The molecule has 0 unspecified atom stereocenters. The minimum atomic E-state index is -0.449. The lowest BCUT2D eigenvalue weighted by Crippen LogP contribution is -2.38. The van der Waals surface area contributed by atoms with Gasteiger partial charge in [0.05, 0.1) is 5.56 Å². The van der Waals surface area contributed by atoms with Crippen molar-refractivity contribution in [3.63, 3.8) is 0 Å². The van der Waals surface area contributed by atoms with Gasteiger partial charge in [-0.1, -0.05) is 6.07 Å². The van der Waals surface area contributed by atoms with Gasteiger partial charge in [-0.05, 0) is 86.3 Å². The van der Waals surface area contributed by atoms with Crippen LogP contribution in [-0.2, 0) is 0 Å². The normalized spacial score (nSPS) is 15.9. The van der Waals surface area contributed by atoms with Crippen molar-refractivity contribution in [2.45, 2.75) is 25.7 Å². The molecule has 208 valence electrons. The first-order chi connectivity index (χ1) is 19.4. The molecule has 0 atom stereocenters. The van der Waals surface area contributed by atoms with E-state index in [9.17, 15) is 23.2 Å². The summed E-state index contributed by atoms with van der Waals surface area (Å²) in [5, 5.41) is 2.83. The van der Waals surface area contributed by atoms with E-state index >= 15 is 0 Å². The molecule has 0 aromatic heterocycles. The Hall–Kier alpha value is -4.27. The van der Waals surface area contributed by atoms with E-state index in [4.69, 9.17) is 0 Å². The zero-order chi connectivity index (χ0) is 28.1. The monoisotopic (exact) mass is 546 g/mol.